The van der Waals surface area contributed by atoms with Gasteiger partial charge in [-0.2, -0.15) is 0 Å². The van der Waals surface area contributed by atoms with E-state index in [0.29, 0.717) is 0 Å². The number of hydrogen-bond donors (Lipinski definition) is 0. The summed E-state index contributed by atoms with van der Waals surface area (Å²) in [6.07, 6.45) is 3.18. The van der Waals surface area contributed by atoms with Crippen LogP contribution < -0.4 is 0 Å². The maximum absolute atomic E-state index is 4.54. The van der Waals surface area contributed by atoms with Crippen molar-refractivity contribution in [2.45, 2.75) is 58.8 Å². The third-order valence-corrected chi connectivity index (χ3v) is 4.50. The summed E-state index contributed by atoms with van der Waals surface area (Å²) in [5.41, 5.74) is 0.466. The fourth-order valence-corrected chi connectivity index (χ4v) is 2.23. The minimum atomic E-state index is 0.230. The van der Waals surface area contributed by atoms with E-state index >= 15 is 0 Å². The number of hydrogen-bond acceptors (Lipinski definition) is 2. The van der Waals surface area contributed by atoms with Gasteiger partial charge in [-0.3, -0.25) is 0 Å². The highest BCUT2D eigenvalue weighted by atomic mass is 32.1. The molecule has 0 aliphatic carbocycles. The highest BCUT2D eigenvalue weighted by Gasteiger charge is 2.25. The van der Waals surface area contributed by atoms with E-state index in [-0.39, 0.29) is 10.8 Å². The van der Waals surface area contributed by atoms with Gasteiger partial charge < -0.3 is 0 Å². The van der Waals surface area contributed by atoms with Gasteiger partial charge in [-0.1, -0.05) is 41.5 Å². The Balaban J connectivity index is 3.00. The van der Waals surface area contributed by atoms with Gasteiger partial charge in [0.05, 0.1) is 5.01 Å². The Labute approximate surface area is 91.6 Å². The van der Waals surface area contributed by atoms with Gasteiger partial charge in [0.1, 0.15) is 0 Å². The van der Waals surface area contributed by atoms with Crippen LogP contribution >= 0.6 is 11.3 Å². The number of nitrogens with zero attached hydrogens (tertiary/aromatic N) is 1. The third kappa shape index (κ3) is 2.35. The fraction of sp³-hybridized carbons (Fsp3) is 0.750. The van der Waals surface area contributed by atoms with Crippen LogP contribution in [0.5, 0.6) is 0 Å². The van der Waals surface area contributed by atoms with E-state index < -0.39 is 0 Å². The first-order valence-corrected chi connectivity index (χ1v) is 6.06. The lowest BCUT2D eigenvalue weighted by Gasteiger charge is -2.19. The molecule has 80 valence electrons. The Morgan fingerprint density at radius 3 is 2.14 bits per heavy atom. The number of thiazole rings is 1. The lowest BCUT2D eigenvalue weighted by molar-refractivity contribution is 0.503. The molecule has 1 nitrogen and oxygen atoms in total. The molecule has 0 saturated heterocycles. The molecular weight excluding hydrogens is 190 g/mol. The van der Waals surface area contributed by atoms with E-state index in [1.54, 1.807) is 0 Å². The van der Waals surface area contributed by atoms with Crippen molar-refractivity contribution in [2.24, 2.45) is 0 Å². The van der Waals surface area contributed by atoms with E-state index in [1.807, 2.05) is 17.5 Å². The second-order valence-electron chi connectivity index (χ2n) is 5.52. The standard InChI is InChI=1S/C12H21NS/c1-7-12(5,6)10-13-8-9(14-10)11(2,3)4/h8H,7H2,1-6H3. The molecule has 0 fully saturated rings. The van der Waals surface area contributed by atoms with Crippen LogP contribution in [0.4, 0.5) is 0 Å². The third-order valence-electron chi connectivity index (χ3n) is 2.71. The van der Waals surface area contributed by atoms with Crippen LogP contribution in [0, 0.1) is 0 Å². The van der Waals surface area contributed by atoms with Gasteiger partial charge in [-0.15, -0.1) is 11.3 Å². The quantitative estimate of drug-likeness (QED) is 0.717. The van der Waals surface area contributed by atoms with E-state index in [2.05, 4.69) is 46.5 Å². The molecule has 0 saturated carbocycles. The van der Waals surface area contributed by atoms with Crippen LogP contribution in [0.3, 0.4) is 0 Å². The van der Waals surface area contributed by atoms with Crippen LogP contribution in [-0.2, 0) is 10.8 Å². The molecule has 0 N–H and O–H groups in total. The van der Waals surface area contributed by atoms with Crippen molar-refractivity contribution in [1.29, 1.82) is 0 Å². The predicted octanol–water partition coefficient (Wildman–Crippen LogP) is 4.13. The van der Waals surface area contributed by atoms with Gasteiger partial charge in [0, 0.05) is 16.5 Å². The van der Waals surface area contributed by atoms with Crippen molar-refractivity contribution in [1.82, 2.24) is 4.98 Å². The Morgan fingerprint density at radius 2 is 1.79 bits per heavy atom. The molecule has 0 aliphatic heterocycles. The van der Waals surface area contributed by atoms with Crippen molar-refractivity contribution in [2.75, 3.05) is 0 Å². The Hall–Kier alpha value is -0.370. The zero-order chi connectivity index (χ0) is 11.0. The fourth-order valence-electron chi connectivity index (χ4n) is 1.08. The lowest BCUT2D eigenvalue weighted by atomic mass is 9.91. The van der Waals surface area contributed by atoms with E-state index in [0.717, 1.165) is 6.42 Å². The molecule has 1 heterocycles. The summed E-state index contributed by atoms with van der Waals surface area (Å²) >= 11 is 1.86. The van der Waals surface area contributed by atoms with Crippen LogP contribution in [0.15, 0.2) is 6.20 Å². The SMILES string of the molecule is CCC(C)(C)c1ncc(C(C)(C)C)s1. The van der Waals surface area contributed by atoms with Crippen LogP contribution in [-0.4, -0.2) is 4.98 Å². The zero-order valence-corrected chi connectivity index (χ0v) is 11.0. The average Bonchev–Trinajstić information content (AvgIpc) is 2.51. The summed E-state index contributed by atoms with van der Waals surface area (Å²) in [6, 6.07) is 0. The largest absolute Gasteiger partial charge is 0.249 e. The first-order chi connectivity index (χ1) is 6.27. The normalized spacial score (nSPS) is 13.3. The molecule has 0 aromatic carbocycles. The monoisotopic (exact) mass is 211 g/mol. The molecule has 1 rings (SSSR count). The highest BCUT2D eigenvalue weighted by molar-refractivity contribution is 7.11. The van der Waals surface area contributed by atoms with Crippen LogP contribution in [0.25, 0.3) is 0 Å². The van der Waals surface area contributed by atoms with E-state index in [9.17, 15) is 0 Å². The van der Waals surface area contributed by atoms with Gasteiger partial charge in [0.2, 0.25) is 0 Å². The molecular formula is C12H21NS. The summed E-state index contributed by atoms with van der Waals surface area (Å²) in [7, 11) is 0. The summed E-state index contributed by atoms with van der Waals surface area (Å²) in [6.45, 7) is 13.5. The molecule has 0 aliphatic rings. The van der Waals surface area contributed by atoms with Gasteiger partial charge in [0.25, 0.3) is 0 Å². The number of rotatable bonds is 2. The topological polar surface area (TPSA) is 12.9 Å². The van der Waals surface area contributed by atoms with E-state index in [1.165, 1.54) is 9.88 Å². The van der Waals surface area contributed by atoms with Gasteiger partial charge in [-0.25, -0.2) is 4.98 Å². The van der Waals surface area contributed by atoms with Crippen molar-refractivity contribution >= 4 is 11.3 Å². The summed E-state index contributed by atoms with van der Waals surface area (Å²) < 4.78 is 0. The molecule has 2 heteroatoms. The molecule has 0 spiro atoms. The highest BCUT2D eigenvalue weighted by Crippen LogP contribution is 2.34. The maximum Gasteiger partial charge on any atom is 0.0984 e. The van der Waals surface area contributed by atoms with Gasteiger partial charge in [-0.05, 0) is 11.8 Å². The Kier molecular flexibility index (Phi) is 3.05. The zero-order valence-electron chi connectivity index (χ0n) is 10.1. The number of aromatic nitrogens is 1. The van der Waals surface area contributed by atoms with Gasteiger partial charge in [0.15, 0.2) is 0 Å². The smallest absolute Gasteiger partial charge is 0.0984 e. The van der Waals surface area contributed by atoms with Gasteiger partial charge >= 0.3 is 0 Å². The summed E-state index contributed by atoms with van der Waals surface area (Å²) in [4.78, 5) is 5.93. The second-order valence-corrected chi connectivity index (χ2v) is 6.55. The predicted molar refractivity (Wildman–Crippen MR) is 64.1 cm³/mol. The second kappa shape index (κ2) is 3.65. The van der Waals surface area contributed by atoms with Crippen LogP contribution in [0.2, 0.25) is 0 Å². The van der Waals surface area contributed by atoms with Crippen molar-refractivity contribution in [3.8, 4) is 0 Å². The van der Waals surface area contributed by atoms with Crippen molar-refractivity contribution < 1.29 is 0 Å². The van der Waals surface area contributed by atoms with Crippen molar-refractivity contribution in [3.05, 3.63) is 16.1 Å². The molecule has 0 bridgehead atoms. The molecule has 0 amide bonds. The molecule has 0 atom stereocenters. The first-order valence-electron chi connectivity index (χ1n) is 5.24. The summed E-state index contributed by atoms with van der Waals surface area (Å²) in [5, 5.41) is 1.27. The molecule has 1 aromatic heterocycles. The first kappa shape index (κ1) is 11.7. The van der Waals surface area contributed by atoms with Crippen molar-refractivity contribution in [3.63, 3.8) is 0 Å². The Bertz CT molecular complexity index is 304. The average molecular weight is 211 g/mol. The minimum absolute atomic E-state index is 0.230. The Morgan fingerprint density at radius 1 is 1.21 bits per heavy atom. The minimum Gasteiger partial charge on any atom is -0.249 e. The lowest BCUT2D eigenvalue weighted by Crippen LogP contribution is -2.14. The maximum atomic E-state index is 4.54. The van der Waals surface area contributed by atoms with Crippen LogP contribution in [0.1, 0.15) is 57.8 Å². The van der Waals surface area contributed by atoms with E-state index in [4.69, 9.17) is 0 Å². The molecule has 0 unspecified atom stereocenters. The summed E-state index contributed by atoms with van der Waals surface area (Å²) in [5.74, 6) is 0. The molecule has 14 heavy (non-hydrogen) atoms. The molecule has 0 radical (unpaired) electrons. The molecule has 1 aromatic rings.